The fraction of sp³-hybridized carbons (Fsp3) is 0.474. The standard InChI is InChI=1S/C19H25ClN2/c1-21(2)12-5-13-22-18-7-4-3-6-15(18)8-9-16-10-11-17(20)14-19(16)22/h3-4,6-7,10-11,14,16,19H,5,8-9,12-13H2,1-2H3/t16?,19-/m1/s1. The number of fused-ring (bicyclic) bond motifs is 2. The first-order chi connectivity index (χ1) is 10.6. The summed E-state index contributed by atoms with van der Waals surface area (Å²) in [5.74, 6) is 0.564. The van der Waals surface area contributed by atoms with Crippen molar-refractivity contribution in [2.75, 3.05) is 32.1 Å². The zero-order valence-electron chi connectivity index (χ0n) is 13.5. The van der Waals surface area contributed by atoms with Crippen molar-refractivity contribution in [3.8, 4) is 0 Å². The Morgan fingerprint density at radius 2 is 2.09 bits per heavy atom. The molecule has 1 aromatic rings. The second kappa shape index (κ2) is 6.89. The van der Waals surface area contributed by atoms with Crippen molar-refractivity contribution in [3.05, 3.63) is 53.1 Å². The maximum absolute atomic E-state index is 6.31. The number of hydrogen-bond acceptors (Lipinski definition) is 2. The molecule has 22 heavy (non-hydrogen) atoms. The Morgan fingerprint density at radius 1 is 1.27 bits per heavy atom. The third kappa shape index (κ3) is 3.39. The molecule has 1 aromatic carbocycles. The maximum Gasteiger partial charge on any atom is 0.0553 e. The van der Waals surface area contributed by atoms with Crippen LogP contribution >= 0.6 is 11.6 Å². The summed E-state index contributed by atoms with van der Waals surface area (Å²) in [4.78, 5) is 4.83. The van der Waals surface area contributed by atoms with Crippen molar-refractivity contribution >= 4 is 17.3 Å². The van der Waals surface area contributed by atoms with E-state index in [2.05, 4.69) is 66.4 Å². The average Bonchev–Trinajstić information content (AvgIpc) is 2.65. The van der Waals surface area contributed by atoms with Gasteiger partial charge in [0.25, 0.3) is 0 Å². The Morgan fingerprint density at radius 3 is 2.91 bits per heavy atom. The lowest BCUT2D eigenvalue weighted by atomic mass is 9.90. The predicted molar refractivity (Wildman–Crippen MR) is 95.6 cm³/mol. The Hall–Kier alpha value is -1.25. The summed E-state index contributed by atoms with van der Waals surface area (Å²) in [7, 11) is 4.28. The van der Waals surface area contributed by atoms with Gasteiger partial charge in [-0.1, -0.05) is 35.9 Å². The second-order valence-corrected chi connectivity index (χ2v) is 7.02. The minimum absolute atomic E-state index is 0.392. The van der Waals surface area contributed by atoms with Gasteiger partial charge in [0.15, 0.2) is 0 Å². The number of allylic oxidation sites excluding steroid dienone is 2. The lowest BCUT2D eigenvalue weighted by molar-refractivity contribution is 0.394. The SMILES string of the molecule is CN(C)CCCN1c2ccccc2CCC2C=CC(Cl)=C[C@H]21. The summed E-state index contributed by atoms with van der Waals surface area (Å²) in [5.41, 5.74) is 2.87. The van der Waals surface area contributed by atoms with Gasteiger partial charge in [0.1, 0.15) is 0 Å². The van der Waals surface area contributed by atoms with E-state index in [1.54, 1.807) is 0 Å². The fourth-order valence-corrected chi connectivity index (χ4v) is 3.77. The number of para-hydroxylation sites is 1. The zero-order chi connectivity index (χ0) is 15.5. The minimum atomic E-state index is 0.392. The van der Waals surface area contributed by atoms with Crippen LogP contribution in [0.5, 0.6) is 0 Å². The van der Waals surface area contributed by atoms with Gasteiger partial charge in [0.2, 0.25) is 0 Å². The Bertz CT molecular complexity index is 577. The summed E-state index contributed by atoms with van der Waals surface area (Å²) in [6, 6.07) is 9.25. The number of nitrogens with zero attached hydrogens (tertiary/aromatic N) is 2. The maximum atomic E-state index is 6.31. The summed E-state index contributed by atoms with van der Waals surface area (Å²) >= 11 is 6.31. The van der Waals surface area contributed by atoms with E-state index < -0.39 is 0 Å². The Balaban J connectivity index is 1.89. The van der Waals surface area contributed by atoms with Gasteiger partial charge < -0.3 is 9.80 Å². The van der Waals surface area contributed by atoms with Crippen LogP contribution in [0.15, 0.2) is 47.5 Å². The van der Waals surface area contributed by atoms with E-state index in [4.69, 9.17) is 11.6 Å². The lowest BCUT2D eigenvalue weighted by Gasteiger charge is -2.36. The highest BCUT2D eigenvalue weighted by Crippen LogP contribution is 2.36. The molecule has 3 heteroatoms. The van der Waals surface area contributed by atoms with E-state index in [1.807, 2.05) is 0 Å². The van der Waals surface area contributed by atoms with Crippen LogP contribution in [0.1, 0.15) is 18.4 Å². The molecular formula is C19H25ClN2. The first kappa shape index (κ1) is 15.6. The van der Waals surface area contributed by atoms with Crippen molar-refractivity contribution < 1.29 is 0 Å². The molecule has 0 amide bonds. The smallest absolute Gasteiger partial charge is 0.0553 e. The molecule has 0 saturated carbocycles. The van der Waals surface area contributed by atoms with E-state index in [0.29, 0.717) is 12.0 Å². The molecule has 0 bridgehead atoms. The normalized spacial score (nSPS) is 23.8. The number of anilines is 1. The summed E-state index contributed by atoms with van der Waals surface area (Å²) in [6.45, 7) is 2.19. The van der Waals surface area contributed by atoms with Crippen LogP contribution in [0.2, 0.25) is 0 Å². The number of halogens is 1. The molecule has 0 N–H and O–H groups in total. The molecule has 0 saturated heterocycles. The van der Waals surface area contributed by atoms with Crippen molar-refractivity contribution in [1.82, 2.24) is 4.90 Å². The van der Waals surface area contributed by atoms with E-state index >= 15 is 0 Å². The molecule has 1 aliphatic heterocycles. The molecule has 0 radical (unpaired) electrons. The third-order valence-corrected chi connectivity index (χ3v) is 4.94. The monoisotopic (exact) mass is 316 g/mol. The minimum Gasteiger partial charge on any atom is -0.364 e. The molecule has 3 rings (SSSR count). The third-order valence-electron chi connectivity index (χ3n) is 4.68. The molecule has 2 atom stereocenters. The zero-order valence-corrected chi connectivity index (χ0v) is 14.3. The Kier molecular flexibility index (Phi) is 4.90. The topological polar surface area (TPSA) is 6.48 Å². The highest BCUT2D eigenvalue weighted by Gasteiger charge is 2.30. The predicted octanol–water partition coefficient (Wildman–Crippen LogP) is 4.07. The Labute approximate surface area is 139 Å². The molecule has 0 spiro atoms. The molecular weight excluding hydrogens is 292 g/mol. The van der Waals surface area contributed by atoms with E-state index in [0.717, 1.165) is 24.5 Å². The first-order valence-corrected chi connectivity index (χ1v) is 8.58. The van der Waals surface area contributed by atoms with Gasteiger partial charge in [0.05, 0.1) is 6.04 Å². The van der Waals surface area contributed by atoms with E-state index in [9.17, 15) is 0 Å². The average molecular weight is 317 g/mol. The van der Waals surface area contributed by atoms with Crippen LogP contribution < -0.4 is 4.90 Å². The highest BCUT2D eigenvalue weighted by molar-refractivity contribution is 6.31. The fourth-order valence-electron chi connectivity index (χ4n) is 3.57. The van der Waals surface area contributed by atoms with Crippen LogP contribution in [0.25, 0.3) is 0 Å². The summed E-state index contributed by atoms with van der Waals surface area (Å²) in [6.07, 6.45) is 10.1. The molecule has 1 unspecified atom stereocenters. The van der Waals surface area contributed by atoms with Gasteiger partial charge in [-0.2, -0.15) is 0 Å². The first-order valence-electron chi connectivity index (χ1n) is 8.20. The van der Waals surface area contributed by atoms with Gasteiger partial charge in [0, 0.05) is 23.2 Å². The quantitative estimate of drug-likeness (QED) is 0.826. The molecule has 1 aliphatic carbocycles. The van der Waals surface area contributed by atoms with Crippen LogP contribution in [0, 0.1) is 5.92 Å². The van der Waals surface area contributed by atoms with Gasteiger partial charge in [-0.25, -0.2) is 0 Å². The molecule has 0 aromatic heterocycles. The number of aryl methyl sites for hydroxylation is 1. The van der Waals surface area contributed by atoms with Crippen molar-refractivity contribution in [2.24, 2.45) is 5.92 Å². The van der Waals surface area contributed by atoms with E-state index in [1.165, 1.54) is 24.1 Å². The van der Waals surface area contributed by atoms with Crippen molar-refractivity contribution in [2.45, 2.75) is 25.3 Å². The summed E-state index contributed by atoms with van der Waals surface area (Å²) < 4.78 is 0. The lowest BCUT2D eigenvalue weighted by Crippen LogP contribution is -2.40. The molecule has 0 fully saturated rings. The molecule has 2 aliphatic rings. The number of rotatable bonds is 4. The van der Waals surface area contributed by atoms with Crippen LogP contribution in [0.4, 0.5) is 5.69 Å². The van der Waals surface area contributed by atoms with Gasteiger partial charge in [-0.05, 0) is 63.7 Å². The summed E-state index contributed by atoms with van der Waals surface area (Å²) in [5, 5.41) is 0.873. The van der Waals surface area contributed by atoms with Crippen LogP contribution in [0.3, 0.4) is 0 Å². The largest absolute Gasteiger partial charge is 0.364 e. The highest BCUT2D eigenvalue weighted by atomic mass is 35.5. The number of benzene rings is 1. The molecule has 118 valence electrons. The number of hydrogen-bond donors (Lipinski definition) is 0. The van der Waals surface area contributed by atoms with Crippen LogP contribution in [-0.2, 0) is 6.42 Å². The van der Waals surface area contributed by atoms with Gasteiger partial charge in [-0.15, -0.1) is 0 Å². The second-order valence-electron chi connectivity index (χ2n) is 6.58. The molecule has 2 nitrogen and oxygen atoms in total. The molecule has 1 heterocycles. The van der Waals surface area contributed by atoms with Crippen molar-refractivity contribution in [1.29, 1.82) is 0 Å². The van der Waals surface area contributed by atoms with Crippen LogP contribution in [-0.4, -0.2) is 38.1 Å². The van der Waals surface area contributed by atoms with Gasteiger partial charge in [-0.3, -0.25) is 0 Å². The van der Waals surface area contributed by atoms with E-state index in [-0.39, 0.29) is 0 Å². The van der Waals surface area contributed by atoms with Crippen molar-refractivity contribution in [3.63, 3.8) is 0 Å². The van der Waals surface area contributed by atoms with Gasteiger partial charge >= 0.3 is 0 Å².